The fraction of sp³-hybridized carbons (Fsp3) is 1.00. The van der Waals surface area contributed by atoms with Crippen LogP contribution in [0.4, 0.5) is 0 Å². The molecule has 13 N–H and O–H groups in total. The minimum Gasteiger partial charge on any atom is -0.396 e. The van der Waals surface area contributed by atoms with E-state index in [1.165, 1.54) is 0 Å². The van der Waals surface area contributed by atoms with Gasteiger partial charge in [0.1, 0.15) is 73.2 Å². The van der Waals surface area contributed by atoms with Gasteiger partial charge in [0.25, 0.3) is 0 Å². The zero-order chi connectivity index (χ0) is 49.5. The second-order valence-electron chi connectivity index (χ2n) is 23.2. The highest BCUT2D eigenvalue weighted by Crippen LogP contribution is 2.75. The monoisotopic (exact) mass is 979 g/mol. The van der Waals surface area contributed by atoms with E-state index < -0.39 is 135 Å². The van der Waals surface area contributed by atoms with Crippen molar-refractivity contribution in [3.63, 3.8) is 0 Å². The highest BCUT2D eigenvalue weighted by Gasteiger charge is 2.71. The number of ether oxygens (including phenoxy) is 7. The van der Waals surface area contributed by atoms with E-state index in [1.807, 2.05) is 13.8 Å². The van der Waals surface area contributed by atoms with Gasteiger partial charge in [-0.05, 0) is 98.2 Å². The van der Waals surface area contributed by atoms with Gasteiger partial charge in [-0.1, -0.05) is 34.6 Å². The average Bonchev–Trinajstić information content (AvgIpc) is 3.33. The van der Waals surface area contributed by atoms with Crippen LogP contribution in [0.15, 0.2) is 0 Å². The van der Waals surface area contributed by atoms with Crippen LogP contribution < -0.4 is 0 Å². The van der Waals surface area contributed by atoms with Gasteiger partial charge < -0.3 is 99.5 Å². The molecule has 4 aliphatic heterocycles. The van der Waals surface area contributed by atoms with Gasteiger partial charge in [-0.2, -0.15) is 0 Å². The van der Waals surface area contributed by atoms with Gasteiger partial charge in [0.05, 0.1) is 58.0 Å². The van der Waals surface area contributed by atoms with Crippen molar-refractivity contribution in [3.8, 4) is 0 Å². The zero-order valence-corrected chi connectivity index (χ0v) is 40.2. The van der Waals surface area contributed by atoms with Crippen molar-refractivity contribution in [2.45, 2.75) is 209 Å². The molecule has 0 aromatic heterocycles. The summed E-state index contributed by atoms with van der Waals surface area (Å²) < 4.78 is 42.3. The third-order valence-corrected chi connectivity index (χ3v) is 20.0. The highest BCUT2D eigenvalue weighted by molar-refractivity contribution is 5.19. The maximum atomic E-state index is 12.6. The predicted octanol–water partition coefficient (Wildman–Crippen LogP) is -1.98. The Labute approximate surface area is 398 Å². The molecule has 0 radical (unpaired) electrons. The molecule has 4 saturated carbocycles. The van der Waals surface area contributed by atoms with Crippen molar-refractivity contribution in [3.05, 3.63) is 0 Å². The van der Waals surface area contributed by atoms with Crippen LogP contribution in [0.25, 0.3) is 0 Å². The smallest absolute Gasteiger partial charge is 0.187 e. The number of hydrogen-bond acceptors (Lipinski definition) is 20. The highest BCUT2D eigenvalue weighted by atomic mass is 16.8. The lowest BCUT2D eigenvalue weighted by Crippen LogP contribution is -2.69. The third-order valence-electron chi connectivity index (χ3n) is 20.0. The summed E-state index contributed by atoms with van der Waals surface area (Å²) in [7, 11) is 0. The molecule has 0 aromatic rings. The Morgan fingerprint density at radius 1 is 0.544 bits per heavy atom. The Kier molecular flexibility index (Phi) is 15.8. The number of fused-ring (bicyclic) bond motifs is 5. The molecule has 27 atom stereocenters. The quantitative estimate of drug-likeness (QED) is 0.0943. The van der Waals surface area contributed by atoms with E-state index in [1.54, 1.807) is 0 Å². The summed E-state index contributed by atoms with van der Waals surface area (Å²) in [5, 5.41) is 138. The Balaban J connectivity index is 0.933. The van der Waals surface area contributed by atoms with Crippen molar-refractivity contribution in [2.75, 3.05) is 39.6 Å². The van der Waals surface area contributed by atoms with Crippen LogP contribution in [0.3, 0.4) is 0 Å². The van der Waals surface area contributed by atoms with Crippen LogP contribution in [0, 0.1) is 50.7 Å². The first kappa shape index (κ1) is 53.5. The molecule has 68 heavy (non-hydrogen) atoms. The van der Waals surface area contributed by atoms with E-state index in [4.69, 9.17) is 33.2 Å². The second-order valence-corrected chi connectivity index (χ2v) is 23.2. The van der Waals surface area contributed by atoms with Gasteiger partial charge in [-0.15, -0.1) is 0 Å². The summed E-state index contributed by atoms with van der Waals surface area (Å²) in [6.07, 6.45) is -16.2. The molecule has 20 heteroatoms. The van der Waals surface area contributed by atoms with Crippen molar-refractivity contribution in [1.29, 1.82) is 0 Å². The third kappa shape index (κ3) is 8.66. The lowest BCUT2D eigenvalue weighted by molar-refractivity contribution is -0.380. The molecule has 0 amide bonds. The van der Waals surface area contributed by atoms with Gasteiger partial charge >= 0.3 is 0 Å². The van der Waals surface area contributed by atoms with E-state index in [-0.39, 0.29) is 59.2 Å². The summed E-state index contributed by atoms with van der Waals surface area (Å²) in [4.78, 5) is 0. The van der Waals surface area contributed by atoms with Crippen LogP contribution in [0.5, 0.6) is 0 Å². The van der Waals surface area contributed by atoms with Crippen LogP contribution in [0.2, 0.25) is 0 Å². The van der Waals surface area contributed by atoms with Crippen LogP contribution in [-0.4, -0.2) is 216 Å². The second kappa shape index (κ2) is 20.1. The van der Waals surface area contributed by atoms with Crippen LogP contribution in [-0.2, 0) is 33.2 Å². The molecule has 1 spiro atoms. The summed E-state index contributed by atoms with van der Waals surface area (Å²) >= 11 is 0. The SMILES string of the molecule is C[C@H](CO[C@@H]1O[C@H](CO)[C@@H](O)[C@H](O)[C@H]1O)[C@H]1CC[C@@]2(CC[C@]3(C)[C@H](CCC4[C@@]5(C)CC[C@H](O[C@@H]6O[C@H](CO)[C@@H](O)[C@H](O)[C@H]6O[C@@H]6O[C@H](CO)[C@@H](O)[C@H](O)[C@H]6O)[C@@](C)(CO)C5CC[C@]43C)[C@H]2O)CO1. The van der Waals surface area contributed by atoms with E-state index >= 15 is 0 Å². The van der Waals surface area contributed by atoms with Crippen LogP contribution >= 0.6 is 0 Å². The first-order valence-corrected chi connectivity index (χ1v) is 25.2. The van der Waals surface area contributed by atoms with E-state index in [0.717, 1.165) is 51.4 Å². The lowest BCUT2D eigenvalue weighted by atomic mass is 9.33. The van der Waals surface area contributed by atoms with Gasteiger partial charge in [0.15, 0.2) is 18.9 Å². The molecular weight excluding hydrogens is 897 g/mol. The first-order valence-electron chi connectivity index (χ1n) is 25.2. The summed E-state index contributed by atoms with van der Waals surface area (Å²) in [6, 6.07) is 0. The molecule has 2 unspecified atom stereocenters. The molecular formula is C48H82O20. The Morgan fingerprint density at radius 3 is 1.72 bits per heavy atom. The number of aliphatic hydroxyl groups is 13. The molecule has 8 aliphatic rings. The van der Waals surface area contributed by atoms with Gasteiger partial charge in [-0.3, -0.25) is 0 Å². The number of hydrogen-bond donors (Lipinski definition) is 13. The molecule has 8 fully saturated rings. The Hall–Kier alpha value is -0.800. The molecule has 4 aliphatic carbocycles. The molecule has 8 rings (SSSR count). The van der Waals surface area contributed by atoms with Crippen LogP contribution in [0.1, 0.15) is 98.8 Å². The van der Waals surface area contributed by atoms with Crippen molar-refractivity contribution in [2.24, 2.45) is 50.7 Å². The van der Waals surface area contributed by atoms with E-state index in [2.05, 4.69) is 20.8 Å². The molecule has 20 nitrogen and oxygen atoms in total. The maximum Gasteiger partial charge on any atom is 0.187 e. The van der Waals surface area contributed by atoms with Crippen molar-refractivity contribution < 1.29 is 99.5 Å². The molecule has 0 aromatic carbocycles. The standard InChI is InChI=1S/C48H82O20/c1-22(19-62-41-37(59)34(56)31(53)25(16-49)64-41)24-8-13-48(21-63-24)15-14-46(4)23(40(48)61)6-7-29-44(2)11-10-30(45(3,20-52)28(44)9-12-47(29,46)5)67-43-39(36(58)33(55)27(18-51)66-43)68-42-38(60)35(57)32(54)26(17-50)65-42/h22-43,49-61H,6-21H2,1-5H3/t22-,23-,24-,25-,26-,27-,28?,29?,30+,31-,32-,33-,34+,35+,36+,37-,38-,39-,40-,41-,42+,43+,44+,45+,46-,47-,48-/m1/s1. The molecule has 4 heterocycles. The lowest BCUT2D eigenvalue weighted by Gasteiger charge is -2.73. The number of rotatable bonds is 12. The van der Waals surface area contributed by atoms with Crippen molar-refractivity contribution in [1.82, 2.24) is 0 Å². The predicted molar refractivity (Wildman–Crippen MR) is 234 cm³/mol. The van der Waals surface area contributed by atoms with E-state index in [0.29, 0.717) is 19.4 Å². The average molecular weight is 979 g/mol. The normalized spacial score (nSPS) is 55.8. The Morgan fingerprint density at radius 2 is 1.13 bits per heavy atom. The minimum absolute atomic E-state index is 0.0234. The topological polar surface area (TPSA) is 328 Å². The summed E-state index contributed by atoms with van der Waals surface area (Å²) in [6.45, 7) is 9.52. The van der Waals surface area contributed by atoms with Crippen molar-refractivity contribution >= 4 is 0 Å². The van der Waals surface area contributed by atoms with Gasteiger partial charge in [0, 0.05) is 16.7 Å². The zero-order valence-electron chi connectivity index (χ0n) is 40.2. The van der Waals surface area contributed by atoms with Gasteiger partial charge in [0.2, 0.25) is 0 Å². The van der Waals surface area contributed by atoms with Gasteiger partial charge in [-0.25, -0.2) is 0 Å². The molecule has 394 valence electrons. The fourth-order valence-electron chi connectivity index (χ4n) is 15.4. The summed E-state index contributed by atoms with van der Waals surface area (Å²) in [5.41, 5.74) is -1.81. The molecule has 0 bridgehead atoms. The number of aliphatic hydroxyl groups excluding tert-OH is 13. The Bertz CT molecular complexity index is 1690. The summed E-state index contributed by atoms with van der Waals surface area (Å²) in [5.74, 6) is 0.159. The largest absolute Gasteiger partial charge is 0.396 e. The first-order chi connectivity index (χ1) is 32.1. The maximum absolute atomic E-state index is 12.6. The molecule has 4 saturated heterocycles. The minimum atomic E-state index is -1.81. The fourth-order valence-corrected chi connectivity index (χ4v) is 15.4. The van der Waals surface area contributed by atoms with E-state index in [9.17, 15) is 66.4 Å².